The van der Waals surface area contributed by atoms with Gasteiger partial charge in [0.15, 0.2) is 0 Å². The van der Waals surface area contributed by atoms with Crippen molar-refractivity contribution in [2.75, 3.05) is 31.1 Å². The van der Waals surface area contributed by atoms with Gasteiger partial charge in [-0.3, -0.25) is 14.4 Å². The van der Waals surface area contributed by atoms with Gasteiger partial charge in [-0.25, -0.2) is 0 Å². The number of fused-ring (bicyclic) bond motifs is 1. The van der Waals surface area contributed by atoms with Crippen LogP contribution < -0.4 is 4.90 Å². The summed E-state index contributed by atoms with van der Waals surface area (Å²) in [5, 5.41) is 9.50. The second kappa shape index (κ2) is 10.6. The molecule has 0 aliphatic carbocycles. The molecule has 8 nitrogen and oxygen atoms in total. The van der Waals surface area contributed by atoms with Crippen molar-refractivity contribution >= 4 is 23.4 Å². The number of hydrogen-bond donors (Lipinski definition) is 1. The maximum absolute atomic E-state index is 14.0. The number of hydrogen-bond acceptors (Lipinski definition) is 5. The minimum Gasteiger partial charge on any atom is -0.396 e. The molecule has 0 saturated carbocycles. The van der Waals surface area contributed by atoms with E-state index in [0.717, 1.165) is 5.69 Å². The van der Waals surface area contributed by atoms with Crippen molar-refractivity contribution in [1.82, 2.24) is 9.80 Å². The van der Waals surface area contributed by atoms with Gasteiger partial charge in [-0.2, -0.15) is 0 Å². The van der Waals surface area contributed by atoms with Gasteiger partial charge in [-0.05, 0) is 45.2 Å². The van der Waals surface area contributed by atoms with Crippen LogP contribution in [0.15, 0.2) is 55.6 Å². The van der Waals surface area contributed by atoms with Crippen molar-refractivity contribution in [1.29, 1.82) is 0 Å². The Hall–Kier alpha value is -2.97. The number of para-hydroxylation sites is 1. The van der Waals surface area contributed by atoms with Crippen molar-refractivity contribution in [3.8, 4) is 0 Å². The molecule has 3 heterocycles. The van der Waals surface area contributed by atoms with Crippen LogP contribution in [-0.2, 0) is 19.1 Å². The molecule has 0 aromatic heterocycles. The third-order valence-corrected chi connectivity index (χ3v) is 7.75. The SMILES string of the molecule is C=CCN(C(=O)[C@@H]1[C@@H]2CCC3(O2)C(C(=O)N(CC=C)C(C)C)N(CCCO)C(=O)[C@H]13)c1ccccc1. The Morgan fingerprint density at radius 2 is 1.89 bits per heavy atom. The van der Waals surface area contributed by atoms with Gasteiger partial charge in [-0.15, -0.1) is 13.2 Å². The van der Waals surface area contributed by atoms with Crippen LogP contribution >= 0.6 is 0 Å². The second-order valence-corrected chi connectivity index (χ2v) is 10.1. The molecule has 3 aliphatic rings. The molecule has 0 radical (unpaired) electrons. The largest absolute Gasteiger partial charge is 0.396 e. The molecule has 3 fully saturated rings. The van der Waals surface area contributed by atoms with E-state index in [2.05, 4.69) is 13.2 Å². The maximum atomic E-state index is 14.0. The lowest BCUT2D eigenvalue weighted by atomic mass is 9.70. The number of carbonyl (C=O) groups is 3. The smallest absolute Gasteiger partial charge is 0.248 e. The molecule has 3 saturated heterocycles. The van der Waals surface area contributed by atoms with Crippen LogP contribution in [0.1, 0.15) is 33.1 Å². The standard InChI is InChI=1S/C28H37N3O5/c1-5-15-29(19(3)4)27(35)24-28-14-13-21(36-28)22(23(28)26(34)31(24)17-10-18-32)25(33)30(16-6-2)20-11-8-7-9-12-20/h5-9,11-12,19,21-24,32H,1-2,10,13-18H2,3-4H3/t21-,22+,23-,24?,28?/m0/s1. The fourth-order valence-electron chi connectivity index (χ4n) is 6.29. The molecule has 1 N–H and O–H groups in total. The quantitative estimate of drug-likeness (QED) is 0.476. The Bertz CT molecular complexity index is 1010. The Morgan fingerprint density at radius 1 is 1.19 bits per heavy atom. The summed E-state index contributed by atoms with van der Waals surface area (Å²) in [6.07, 6.45) is 4.41. The molecule has 1 spiro atoms. The summed E-state index contributed by atoms with van der Waals surface area (Å²) in [6, 6.07) is 8.39. The van der Waals surface area contributed by atoms with Crippen molar-refractivity contribution in [2.24, 2.45) is 11.8 Å². The number of rotatable bonds is 11. The van der Waals surface area contributed by atoms with Gasteiger partial charge < -0.3 is 24.5 Å². The van der Waals surface area contributed by atoms with Gasteiger partial charge in [0, 0.05) is 38.0 Å². The minimum atomic E-state index is -1.06. The first-order chi connectivity index (χ1) is 17.3. The van der Waals surface area contributed by atoms with Crippen molar-refractivity contribution in [3.63, 3.8) is 0 Å². The van der Waals surface area contributed by atoms with Crippen LogP contribution in [0.25, 0.3) is 0 Å². The van der Waals surface area contributed by atoms with Crippen LogP contribution in [0.5, 0.6) is 0 Å². The number of aliphatic hydroxyl groups excluding tert-OH is 1. The highest BCUT2D eigenvalue weighted by molar-refractivity contribution is 6.03. The minimum absolute atomic E-state index is 0.0991. The van der Waals surface area contributed by atoms with E-state index in [4.69, 9.17) is 4.74 Å². The van der Waals surface area contributed by atoms with Crippen molar-refractivity contribution in [3.05, 3.63) is 55.6 Å². The molecular weight excluding hydrogens is 458 g/mol. The molecule has 5 atom stereocenters. The molecule has 1 aromatic rings. The predicted octanol–water partition coefficient (Wildman–Crippen LogP) is 2.39. The summed E-state index contributed by atoms with van der Waals surface area (Å²) in [6.45, 7) is 12.2. The van der Waals surface area contributed by atoms with E-state index in [-0.39, 0.29) is 36.9 Å². The molecule has 2 unspecified atom stereocenters. The zero-order valence-corrected chi connectivity index (χ0v) is 21.2. The number of benzene rings is 1. The first kappa shape index (κ1) is 26.1. The normalized spacial score (nSPS) is 28.3. The Kier molecular flexibility index (Phi) is 7.66. The fourth-order valence-corrected chi connectivity index (χ4v) is 6.29. The lowest BCUT2D eigenvalue weighted by molar-refractivity contribution is -0.149. The number of carbonyl (C=O) groups excluding carboxylic acids is 3. The average Bonchev–Trinajstić information content (AvgIpc) is 3.51. The predicted molar refractivity (Wildman–Crippen MR) is 137 cm³/mol. The highest BCUT2D eigenvalue weighted by Crippen LogP contribution is 2.59. The number of likely N-dealkylation sites (tertiary alicyclic amines) is 1. The van der Waals surface area contributed by atoms with Crippen molar-refractivity contribution < 1.29 is 24.2 Å². The molecule has 36 heavy (non-hydrogen) atoms. The average molecular weight is 496 g/mol. The van der Waals surface area contributed by atoms with Crippen LogP contribution in [0, 0.1) is 11.8 Å². The Morgan fingerprint density at radius 3 is 2.50 bits per heavy atom. The molecule has 194 valence electrons. The number of amides is 3. The van der Waals surface area contributed by atoms with Gasteiger partial charge in [0.05, 0.1) is 17.9 Å². The zero-order valence-electron chi connectivity index (χ0n) is 21.2. The summed E-state index contributed by atoms with van der Waals surface area (Å²) in [4.78, 5) is 46.9. The van der Waals surface area contributed by atoms with Crippen molar-refractivity contribution in [2.45, 2.75) is 56.9 Å². The van der Waals surface area contributed by atoms with Gasteiger partial charge in [0.2, 0.25) is 17.7 Å². The lowest BCUT2D eigenvalue weighted by Gasteiger charge is -2.38. The number of anilines is 1. The van der Waals surface area contributed by atoms with Crippen LogP contribution in [-0.4, -0.2) is 82.7 Å². The zero-order chi connectivity index (χ0) is 26.0. The maximum Gasteiger partial charge on any atom is 0.248 e. The second-order valence-electron chi connectivity index (χ2n) is 10.1. The first-order valence-electron chi connectivity index (χ1n) is 12.8. The molecule has 3 aliphatic heterocycles. The summed E-state index contributed by atoms with van der Waals surface area (Å²) < 4.78 is 6.53. The van der Waals surface area contributed by atoms with Gasteiger partial charge in [0.1, 0.15) is 11.6 Å². The van der Waals surface area contributed by atoms with E-state index in [9.17, 15) is 19.5 Å². The third-order valence-electron chi connectivity index (χ3n) is 7.75. The van der Waals surface area contributed by atoms with E-state index in [1.807, 2.05) is 44.2 Å². The van der Waals surface area contributed by atoms with E-state index in [1.165, 1.54) is 0 Å². The summed E-state index contributed by atoms with van der Waals surface area (Å²) >= 11 is 0. The van der Waals surface area contributed by atoms with Gasteiger partial charge in [-0.1, -0.05) is 30.4 Å². The highest BCUT2D eigenvalue weighted by Gasteiger charge is 2.74. The fraction of sp³-hybridized carbons (Fsp3) is 0.536. The van der Waals surface area contributed by atoms with Crippen LogP contribution in [0.2, 0.25) is 0 Å². The Labute approximate surface area is 213 Å². The molecule has 2 bridgehead atoms. The summed E-state index contributed by atoms with van der Waals surface area (Å²) in [5.41, 5.74) is -0.328. The number of aliphatic hydroxyl groups is 1. The summed E-state index contributed by atoms with van der Waals surface area (Å²) in [5.74, 6) is -2.05. The molecule has 1 aromatic carbocycles. The third kappa shape index (κ3) is 4.16. The van der Waals surface area contributed by atoms with E-state index in [1.54, 1.807) is 26.9 Å². The van der Waals surface area contributed by atoms with E-state index in [0.29, 0.717) is 32.4 Å². The topological polar surface area (TPSA) is 90.4 Å². The lowest BCUT2D eigenvalue weighted by Crippen LogP contribution is -2.57. The molecule has 4 rings (SSSR count). The monoisotopic (exact) mass is 495 g/mol. The highest BCUT2D eigenvalue weighted by atomic mass is 16.5. The van der Waals surface area contributed by atoms with E-state index < -0.39 is 29.6 Å². The number of ether oxygens (including phenoxy) is 1. The first-order valence-corrected chi connectivity index (χ1v) is 12.8. The van der Waals surface area contributed by atoms with E-state index >= 15 is 0 Å². The Balaban J connectivity index is 1.74. The number of nitrogens with zero attached hydrogens (tertiary/aromatic N) is 3. The molecule has 3 amide bonds. The molecule has 8 heteroatoms. The van der Waals surface area contributed by atoms with Gasteiger partial charge >= 0.3 is 0 Å². The van der Waals surface area contributed by atoms with Crippen LogP contribution in [0.3, 0.4) is 0 Å². The molecular formula is C28H37N3O5. The van der Waals surface area contributed by atoms with Gasteiger partial charge in [0.25, 0.3) is 0 Å². The van der Waals surface area contributed by atoms with Crippen LogP contribution in [0.4, 0.5) is 5.69 Å². The summed E-state index contributed by atoms with van der Waals surface area (Å²) in [7, 11) is 0.